The minimum absolute atomic E-state index is 0. The lowest BCUT2D eigenvalue weighted by molar-refractivity contribution is -0.121. The number of halogens is 1. The van der Waals surface area contributed by atoms with Crippen molar-refractivity contribution >= 4 is 30.1 Å². The first-order valence-corrected chi connectivity index (χ1v) is 8.63. The molecule has 7 heteroatoms. The van der Waals surface area contributed by atoms with E-state index >= 15 is 0 Å². The van der Waals surface area contributed by atoms with Crippen molar-refractivity contribution in [2.45, 2.75) is 19.0 Å². The number of thioether (sulfide) groups is 1. The number of carbonyl (C=O) groups excluding carboxylic acids is 1. The van der Waals surface area contributed by atoms with E-state index in [1.54, 1.807) is 6.20 Å². The van der Waals surface area contributed by atoms with Gasteiger partial charge in [-0.3, -0.25) is 4.79 Å². The predicted molar refractivity (Wildman–Crippen MR) is 96.4 cm³/mol. The second kappa shape index (κ2) is 8.96. The SMILES string of the molecule is Cl.O=C(CC1CSCCN1)NCc1ccc(-n2cccn2)cc1. The number of carbonyl (C=O) groups is 1. The van der Waals surface area contributed by atoms with Crippen molar-refractivity contribution < 1.29 is 4.79 Å². The van der Waals surface area contributed by atoms with Gasteiger partial charge in [0.25, 0.3) is 0 Å². The highest BCUT2D eigenvalue weighted by atomic mass is 35.5. The summed E-state index contributed by atoms with van der Waals surface area (Å²) < 4.78 is 1.81. The molecule has 1 aromatic heterocycles. The maximum absolute atomic E-state index is 12.0. The smallest absolute Gasteiger partial charge is 0.221 e. The Kier molecular flexibility index (Phi) is 6.95. The molecular weight excluding hydrogens is 332 g/mol. The monoisotopic (exact) mass is 352 g/mol. The fourth-order valence-corrected chi connectivity index (χ4v) is 3.38. The number of aromatic nitrogens is 2. The van der Waals surface area contributed by atoms with E-state index in [0.29, 0.717) is 19.0 Å². The van der Waals surface area contributed by atoms with Crippen LogP contribution in [0.15, 0.2) is 42.7 Å². The third kappa shape index (κ3) is 5.27. The minimum Gasteiger partial charge on any atom is -0.352 e. The van der Waals surface area contributed by atoms with Crippen LogP contribution < -0.4 is 10.6 Å². The van der Waals surface area contributed by atoms with E-state index < -0.39 is 0 Å². The van der Waals surface area contributed by atoms with Crippen LogP contribution in [-0.2, 0) is 11.3 Å². The fourth-order valence-electron chi connectivity index (χ4n) is 2.44. The highest BCUT2D eigenvalue weighted by molar-refractivity contribution is 7.99. The van der Waals surface area contributed by atoms with E-state index in [-0.39, 0.29) is 18.3 Å². The Balaban J connectivity index is 0.00000192. The van der Waals surface area contributed by atoms with Gasteiger partial charge < -0.3 is 10.6 Å². The summed E-state index contributed by atoms with van der Waals surface area (Å²) in [5.41, 5.74) is 2.11. The average Bonchev–Trinajstić information content (AvgIpc) is 3.09. The molecule has 0 saturated carbocycles. The van der Waals surface area contributed by atoms with Crippen molar-refractivity contribution in [2.75, 3.05) is 18.1 Å². The number of amides is 1. The van der Waals surface area contributed by atoms with Crippen LogP contribution in [0.4, 0.5) is 0 Å². The Bertz CT molecular complexity index is 597. The summed E-state index contributed by atoms with van der Waals surface area (Å²) in [7, 11) is 0. The number of nitrogens with one attached hydrogen (secondary N) is 2. The van der Waals surface area contributed by atoms with Crippen molar-refractivity contribution in [1.82, 2.24) is 20.4 Å². The zero-order valence-corrected chi connectivity index (χ0v) is 14.4. The van der Waals surface area contributed by atoms with Crippen molar-refractivity contribution in [1.29, 1.82) is 0 Å². The van der Waals surface area contributed by atoms with Crippen LogP contribution in [-0.4, -0.2) is 39.8 Å². The van der Waals surface area contributed by atoms with Crippen molar-refractivity contribution in [2.24, 2.45) is 0 Å². The summed E-state index contributed by atoms with van der Waals surface area (Å²) in [5, 5.41) is 10.6. The molecule has 1 aromatic carbocycles. The molecule has 0 aliphatic carbocycles. The second-order valence-electron chi connectivity index (χ2n) is 5.32. The van der Waals surface area contributed by atoms with E-state index in [1.165, 1.54) is 0 Å². The Hall–Kier alpha value is -1.50. The van der Waals surface area contributed by atoms with Crippen LogP contribution in [0.25, 0.3) is 5.69 Å². The Labute approximate surface area is 146 Å². The average molecular weight is 353 g/mol. The van der Waals surface area contributed by atoms with Gasteiger partial charge in [0.05, 0.1) is 5.69 Å². The molecule has 0 spiro atoms. The number of benzene rings is 1. The van der Waals surface area contributed by atoms with Gasteiger partial charge in [0, 0.05) is 49.5 Å². The molecule has 0 radical (unpaired) electrons. The zero-order valence-electron chi connectivity index (χ0n) is 12.8. The standard InChI is InChI=1S/C16H20N4OS.ClH/c21-16(10-14-12-22-9-7-17-14)18-11-13-2-4-15(5-3-13)20-8-1-6-19-20;/h1-6,8,14,17H,7,9-12H2,(H,18,21);1H. The van der Waals surface area contributed by atoms with Gasteiger partial charge in [-0.15, -0.1) is 12.4 Å². The first kappa shape index (κ1) is 17.8. The maximum Gasteiger partial charge on any atom is 0.221 e. The van der Waals surface area contributed by atoms with Crippen LogP contribution in [0.2, 0.25) is 0 Å². The van der Waals surface area contributed by atoms with Crippen LogP contribution >= 0.6 is 24.2 Å². The molecule has 0 bridgehead atoms. The molecule has 2 heterocycles. The first-order valence-electron chi connectivity index (χ1n) is 7.48. The second-order valence-corrected chi connectivity index (χ2v) is 6.47. The summed E-state index contributed by atoms with van der Waals surface area (Å²) in [6, 6.07) is 10.3. The van der Waals surface area contributed by atoms with Gasteiger partial charge in [-0.05, 0) is 23.8 Å². The molecule has 2 N–H and O–H groups in total. The molecule has 1 unspecified atom stereocenters. The molecule has 1 atom stereocenters. The molecule has 1 saturated heterocycles. The van der Waals surface area contributed by atoms with E-state index in [2.05, 4.69) is 15.7 Å². The summed E-state index contributed by atoms with van der Waals surface area (Å²) in [5.74, 6) is 2.27. The predicted octanol–water partition coefficient (Wildman–Crippen LogP) is 2.01. The topological polar surface area (TPSA) is 59.0 Å². The molecule has 2 aromatic rings. The fraction of sp³-hybridized carbons (Fsp3) is 0.375. The summed E-state index contributed by atoms with van der Waals surface area (Å²) in [4.78, 5) is 12.0. The third-order valence-corrected chi connectivity index (χ3v) is 4.76. The van der Waals surface area contributed by atoms with Crippen LogP contribution in [0.1, 0.15) is 12.0 Å². The van der Waals surface area contributed by atoms with Gasteiger partial charge >= 0.3 is 0 Å². The molecule has 5 nitrogen and oxygen atoms in total. The molecule has 1 aliphatic rings. The highest BCUT2D eigenvalue weighted by Crippen LogP contribution is 2.11. The quantitative estimate of drug-likeness (QED) is 0.864. The molecule has 3 rings (SSSR count). The molecule has 23 heavy (non-hydrogen) atoms. The van der Waals surface area contributed by atoms with Gasteiger partial charge in [-0.1, -0.05) is 12.1 Å². The summed E-state index contributed by atoms with van der Waals surface area (Å²) >= 11 is 1.91. The number of rotatable bonds is 5. The zero-order chi connectivity index (χ0) is 15.2. The minimum atomic E-state index is 0. The lowest BCUT2D eigenvalue weighted by Gasteiger charge is -2.22. The molecule has 124 valence electrons. The van der Waals surface area contributed by atoms with Crippen molar-refractivity contribution in [3.8, 4) is 5.69 Å². The van der Waals surface area contributed by atoms with E-state index in [1.807, 2.05) is 53.0 Å². The number of nitrogens with zero attached hydrogens (tertiary/aromatic N) is 2. The van der Waals surface area contributed by atoms with Crippen LogP contribution in [0.3, 0.4) is 0 Å². The van der Waals surface area contributed by atoms with E-state index in [9.17, 15) is 4.79 Å². The summed E-state index contributed by atoms with van der Waals surface area (Å²) in [6.45, 7) is 1.57. The molecule has 1 amide bonds. The molecular formula is C16H21ClN4OS. The number of hydrogen-bond acceptors (Lipinski definition) is 4. The van der Waals surface area contributed by atoms with Gasteiger partial charge in [0.2, 0.25) is 5.91 Å². The summed E-state index contributed by atoms with van der Waals surface area (Å²) in [6.07, 6.45) is 4.22. The van der Waals surface area contributed by atoms with E-state index in [4.69, 9.17) is 0 Å². The highest BCUT2D eigenvalue weighted by Gasteiger charge is 2.16. The third-order valence-electron chi connectivity index (χ3n) is 3.63. The van der Waals surface area contributed by atoms with Gasteiger partial charge in [0.15, 0.2) is 0 Å². The van der Waals surface area contributed by atoms with Crippen molar-refractivity contribution in [3.05, 3.63) is 48.3 Å². The maximum atomic E-state index is 12.0. The normalized spacial score (nSPS) is 17.3. The lowest BCUT2D eigenvalue weighted by Crippen LogP contribution is -2.41. The Morgan fingerprint density at radius 3 is 2.87 bits per heavy atom. The Morgan fingerprint density at radius 2 is 2.22 bits per heavy atom. The van der Waals surface area contributed by atoms with Crippen molar-refractivity contribution in [3.63, 3.8) is 0 Å². The van der Waals surface area contributed by atoms with E-state index in [0.717, 1.165) is 29.3 Å². The Morgan fingerprint density at radius 1 is 1.39 bits per heavy atom. The van der Waals surface area contributed by atoms with Crippen LogP contribution in [0.5, 0.6) is 0 Å². The molecule has 1 aliphatic heterocycles. The van der Waals surface area contributed by atoms with Crippen LogP contribution in [0, 0.1) is 0 Å². The van der Waals surface area contributed by atoms with Gasteiger partial charge in [-0.25, -0.2) is 4.68 Å². The van der Waals surface area contributed by atoms with Gasteiger partial charge in [-0.2, -0.15) is 16.9 Å². The lowest BCUT2D eigenvalue weighted by atomic mass is 10.2. The largest absolute Gasteiger partial charge is 0.352 e. The number of hydrogen-bond donors (Lipinski definition) is 2. The molecule has 1 fully saturated rings. The van der Waals surface area contributed by atoms with Gasteiger partial charge in [0.1, 0.15) is 0 Å². The first-order chi connectivity index (χ1) is 10.8.